The molecule has 2 rings (SSSR count). The zero-order valence-electron chi connectivity index (χ0n) is 11.4. The second-order valence-electron chi connectivity index (χ2n) is 4.98. The summed E-state index contributed by atoms with van der Waals surface area (Å²) < 4.78 is 45.7. The number of carbonyl (C=O) groups is 1. The molecule has 0 amide bonds. The van der Waals surface area contributed by atoms with E-state index in [0.29, 0.717) is 13.2 Å². The summed E-state index contributed by atoms with van der Waals surface area (Å²) in [6.07, 6.45) is 0.724. The number of rotatable bonds is 5. The van der Waals surface area contributed by atoms with Crippen molar-refractivity contribution in [3.63, 3.8) is 0 Å². The molecule has 0 aromatic heterocycles. The van der Waals surface area contributed by atoms with Crippen molar-refractivity contribution in [2.75, 3.05) is 13.2 Å². The third-order valence-electron chi connectivity index (χ3n) is 3.48. The highest BCUT2D eigenvalue weighted by Crippen LogP contribution is 2.21. The van der Waals surface area contributed by atoms with Gasteiger partial charge in [-0.3, -0.25) is 0 Å². The van der Waals surface area contributed by atoms with E-state index in [1.165, 1.54) is 0 Å². The summed E-state index contributed by atoms with van der Waals surface area (Å²) in [5, 5.41) is 8.87. The van der Waals surface area contributed by atoms with Gasteiger partial charge in [-0.25, -0.2) is 22.3 Å². The van der Waals surface area contributed by atoms with Gasteiger partial charge >= 0.3 is 5.97 Å². The molecule has 2 atom stereocenters. The number of aromatic carboxylic acids is 1. The van der Waals surface area contributed by atoms with Crippen molar-refractivity contribution in [1.29, 1.82) is 0 Å². The molecule has 1 saturated heterocycles. The summed E-state index contributed by atoms with van der Waals surface area (Å²) in [6.45, 7) is 2.69. The molecule has 1 aromatic rings. The molecular weight excluding hydrogens is 301 g/mol. The zero-order chi connectivity index (χ0) is 15.6. The largest absolute Gasteiger partial charge is 0.478 e. The second kappa shape index (κ2) is 6.08. The topological polar surface area (TPSA) is 92.7 Å². The maximum Gasteiger partial charge on any atom is 0.335 e. The molecule has 1 heterocycles. The van der Waals surface area contributed by atoms with Gasteiger partial charge in [0, 0.05) is 18.6 Å². The van der Waals surface area contributed by atoms with Crippen LogP contribution in [-0.2, 0) is 14.8 Å². The molecule has 0 saturated carbocycles. The Morgan fingerprint density at radius 3 is 2.81 bits per heavy atom. The van der Waals surface area contributed by atoms with E-state index >= 15 is 0 Å². The fraction of sp³-hybridized carbons (Fsp3) is 0.462. The van der Waals surface area contributed by atoms with E-state index < -0.39 is 32.7 Å². The van der Waals surface area contributed by atoms with Crippen LogP contribution in [0.5, 0.6) is 0 Å². The average Bonchev–Trinajstić information content (AvgIpc) is 2.92. The Kier molecular flexibility index (Phi) is 4.60. The summed E-state index contributed by atoms with van der Waals surface area (Å²) in [6, 6.07) is 2.25. The van der Waals surface area contributed by atoms with E-state index in [9.17, 15) is 17.6 Å². The number of ether oxygens (including phenoxy) is 1. The lowest BCUT2D eigenvalue weighted by Gasteiger charge is -2.19. The van der Waals surface area contributed by atoms with Crippen LogP contribution >= 0.6 is 0 Å². The fourth-order valence-electron chi connectivity index (χ4n) is 2.19. The Hall–Kier alpha value is -1.51. The number of hydrogen-bond donors (Lipinski definition) is 2. The predicted molar refractivity (Wildman–Crippen MR) is 72.1 cm³/mol. The summed E-state index contributed by atoms with van der Waals surface area (Å²) in [4.78, 5) is 10.2. The van der Waals surface area contributed by atoms with Crippen molar-refractivity contribution in [2.45, 2.75) is 24.3 Å². The molecule has 1 aliphatic heterocycles. The first-order valence-corrected chi connectivity index (χ1v) is 7.92. The van der Waals surface area contributed by atoms with Gasteiger partial charge in [0.05, 0.1) is 12.2 Å². The summed E-state index contributed by atoms with van der Waals surface area (Å²) in [5.74, 6) is -2.28. The third kappa shape index (κ3) is 3.58. The molecule has 2 N–H and O–H groups in total. The van der Waals surface area contributed by atoms with E-state index in [4.69, 9.17) is 9.84 Å². The summed E-state index contributed by atoms with van der Waals surface area (Å²) >= 11 is 0. The molecule has 6 nitrogen and oxygen atoms in total. The van der Waals surface area contributed by atoms with Gasteiger partial charge in [0.15, 0.2) is 0 Å². The highest BCUT2D eigenvalue weighted by molar-refractivity contribution is 7.89. The fourth-order valence-corrected chi connectivity index (χ4v) is 3.61. The van der Waals surface area contributed by atoms with Gasteiger partial charge in [-0.15, -0.1) is 0 Å². The second-order valence-corrected chi connectivity index (χ2v) is 6.67. The van der Waals surface area contributed by atoms with Crippen LogP contribution in [0.3, 0.4) is 0 Å². The molecule has 1 aliphatic rings. The number of carboxylic acids is 1. The molecule has 116 valence electrons. The molecular formula is C13H16FNO5S. The van der Waals surface area contributed by atoms with Crippen LogP contribution in [0.15, 0.2) is 23.1 Å². The van der Waals surface area contributed by atoms with Crippen molar-refractivity contribution in [1.82, 2.24) is 4.72 Å². The quantitative estimate of drug-likeness (QED) is 0.852. The predicted octanol–water partition coefficient (Wildman–Crippen LogP) is 1.23. The third-order valence-corrected chi connectivity index (χ3v) is 5.05. The highest BCUT2D eigenvalue weighted by atomic mass is 32.2. The Morgan fingerprint density at radius 2 is 2.24 bits per heavy atom. The van der Waals surface area contributed by atoms with E-state index in [-0.39, 0.29) is 11.5 Å². The Labute approximate surface area is 122 Å². The standard InChI is InChI=1S/C13H16FNO5S/c1-8(10-4-5-20-7-10)15-21(18,19)12-6-9(13(16)17)2-3-11(12)14/h2-3,6,8,10,15H,4-5,7H2,1H3,(H,16,17). The summed E-state index contributed by atoms with van der Waals surface area (Å²) in [7, 11) is -4.13. The smallest absolute Gasteiger partial charge is 0.335 e. The van der Waals surface area contributed by atoms with Crippen molar-refractivity contribution < 1.29 is 27.4 Å². The first-order valence-electron chi connectivity index (χ1n) is 6.44. The van der Waals surface area contributed by atoms with E-state index in [1.807, 2.05) is 0 Å². The maximum absolute atomic E-state index is 13.7. The van der Waals surface area contributed by atoms with Gasteiger partial charge in [-0.05, 0) is 31.5 Å². The zero-order valence-corrected chi connectivity index (χ0v) is 12.2. The molecule has 21 heavy (non-hydrogen) atoms. The Balaban J connectivity index is 2.26. The van der Waals surface area contributed by atoms with Gasteiger partial charge < -0.3 is 9.84 Å². The number of carboxylic acid groups (broad SMARTS) is 1. The van der Waals surface area contributed by atoms with Crippen LogP contribution < -0.4 is 4.72 Å². The molecule has 1 aromatic carbocycles. The number of hydrogen-bond acceptors (Lipinski definition) is 4. The van der Waals surface area contributed by atoms with Crippen molar-refractivity contribution in [3.05, 3.63) is 29.6 Å². The van der Waals surface area contributed by atoms with Crippen LogP contribution in [0.25, 0.3) is 0 Å². The van der Waals surface area contributed by atoms with Gasteiger partial charge in [0.1, 0.15) is 10.7 Å². The van der Waals surface area contributed by atoms with Gasteiger partial charge in [0.2, 0.25) is 10.0 Å². The SMILES string of the molecule is CC(NS(=O)(=O)c1cc(C(=O)O)ccc1F)C1CCOC1. The number of sulfonamides is 1. The molecule has 2 unspecified atom stereocenters. The highest BCUT2D eigenvalue weighted by Gasteiger charge is 2.28. The minimum absolute atomic E-state index is 0.0190. The van der Waals surface area contributed by atoms with Crippen LogP contribution in [0, 0.1) is 11.7 Å². The number of nitrogens with one attached hydrogen (secondary N) is 1. The molecule has 0 radical (unpaired) electrons. The van der Waals surface area contributed by atoms with Gasteiger partial charge in [-0.1, -0.05) is 0 Å². The lowest BCUT2D eigenvalue weighted by molar-refractivity contribution is 0.0696. The van der Waals surface area contributed by atoms with Crippen LogP contribution in [0.4, 0.5) is 4.39 Å². The molecule has 1 fully saturated rings. The van der Waals surface area contributed by atoms with E-state index in [0.717, 1.165) is 24.6 Å². The van der Waals surface area contributed by atoms with Crippen molar-refractivity contribution in [3.8, 4) is 0 Å². The first kappa shape index (κ1) is 15.9. The van der Waals surface area contributed by atoms with Crippen LogP contribution in [-0.4, -0.2) is 38.7 Å². The minimum Gasteiger partial charge on any atom is -0.478 e. The molecule has 8 heteroatoms. The van der Waals surface area contributed by atoms with Crippen LogP contribution in [0.1, 0.15) is 23.7 Å². The lowest BCUT2D eigenvalue weighted by Crippen LogP contribution is -2.38. The molecule has 0 bridgehead atoms. The average molecular weight is 317 g/mol. The molecule has 0 aliphatic carbocycles. The number of halogens is 1. The number of benzene rings is 1. The van der Waals surface area contributed by atoms with E-state index in [1.54, 1.807) is 6.92 Å². The lowest BCUT2D eigenvalue weighted by atomic mass is 10.0. The van der Waals surface area contributed by atoms with Gasteiger partial charge in [0.25, 0.3) is 0 Å². The monoisotopic (exact) mass is 317 g/mol. The van der Waals surface area contributed by atoms with Gasteiger partial charge in [-0.2, -0.15) is 0 Å². The van der Waals surface area contributed by atoms with Crippen molar-refractivity contribution >= 4 is 16.0 Å². The Morgan fingerprint density at radius 1 is 1.52 bits per heavy atom. The summed E-state index contributed by atoms with van der Waals surface area (Å²) in [5.41, 5.74) is -0.284. The van der Waals surface area contributed by atoms with Crippen molar-refractivity contribution in [2.24, 2.45) is 5.92 Å². The first-order chi connectivity index (χ1) is 9.81. The normalized spacial score (nSPS) is 20.4. The van der Waals surface area contributed by atoms with E-state index in [2.05, 4.69) is 4.72 Å². The minimum atomic E-state index is -4.13. The Bertz CT molecular complexity index is 640. The maximum atomic E-state index is 13.7. The van der Waals surface area contributed by atoms with Crippen LogP contribution in [0.2, 0.25) is 0 Å². The molecule has 0 spiro atoms.